The van der Waals surface area contributed by atoms with Crippen LogP contribution in [0.15, 0.2) is 35.2 Å². The first-order chi connectivity index (χ1) is 6.74. The SMILES string of the molecule is CSc1ccccc1C=CCC(N)=O. The second-order valence-corrected chi connectivity index (χ2v) is 3.66. The summed E-state index contributed by atoms with van der Waals surface area (Å²) in [7, 11) is 0. The van der Waals surface area contributed by atoms with Crippen molar-refractivity contribution in [1.29, 1.82) is 0 Å². The lowest BCUT2D eigenvalue weighted by Gasteiger charge is -2.00. The Morgan fingerprint density at radius 1 is 1.50 bits per heavy atom. The lowest BCUT2D eigenvalue weighted by molar-refractivity contribution is -0.117. The van der Waals surface area contributed by atoms with E-state index in [0.717, 1.165) is 5.56 Å². The van der Waals surface area contributed by atoms with E-state index < -0.39 is 0 Å². The Balaban J connectivity index is 2.75. The minimum absolute atomic E-state index is 0.294. The van der Waals surface area contributed by atoms with Gasteiger partial charge in [-0.3, -0.25) is 4.79 Å². The standard InChI is InChI=1S/C11H13NOS/c1-14-10-7-3-2-5-9(10)6-4-8-11(12)13/h2-7H,8H2,1H3,(H2,12,13). The number of benzene rings is 1. The van der Waals surface area contributed by atoms with Gasteiger partial charge in [0.25, 0.3) is 0 Å². The molecule has 2 N–H and O–H groups in total. The zero-order valence-corrected chi connectivity index (χ0v) is 8.88. The van der Waals surface area contributed by atoms with Crippen LogP contribution in [0.5, 0.6) is 0 Å². The van der Waals surface area contributed by atoms with Crippen molar-refractivity contribution in [1.82, 2.24) is 0 Å². The molecule has 3 heteroatoms. The van der Waals surface area contributed by atoms with Crippen LogP contribution >= 0.6 is 11.8 Å². The van der Waals surface area contributed by atoms with Crippen LogP contribution < -0.4 is 5.73 Å². The number of hydrogen-bond acceptors (Lipinski definition) is 2. The summed E-state index contributed by atoms with van der Waals surface area (Å²) < 4.78 is 0. The minimum atomic E-state index is -0.303. The molecule has 0 saturated heterocycles. The molecule has 0 saturated carbocycles. The van der Waals surface area contributed by atoms with Crippen LogP contribution in [-0.4, -0.2) is 12.2 Å². The van der Waals surface area contributed by atoms with Crippen LogP contribution in [0.4, 0.5) is 0 Å². The fourth-order valence-corrected chi connectivity index (χ4v) is 1.69. The monoisotopic (exact) mass is 207 g/mol. The number of thioether (sulfide) groups is 1. The first-order valence-electron chi connectivity index (χ1n) is 4.32. The Bertz CT molecular complexity index is 347. The van der Waals surface area contributed by atoms with Gasteiger partial charge in [-0.15, -0.1) is 11.8 Å². The molecule has 0 fully saturated rings. The van der Waals surface area contributed by atoms with E-state index >= 15 is 0 Å². The molecule has 0 unspecified atom stereocenters. The predicted molar refractivity (Wildman–Crippen MR) is 61.1 cm³/mol. The molecule has 74 valence electrons. The quantitative estimate of drug-likeness (QED) is 0.770. The molecular weight excluding hydrogens is 194 g/mol. The number of carbonyl (C=O) groups excluding carboxylic acids is 1. The molecule has 0 radical (unpaired) electrons. The molecule has 1 aromatic rings. The molecule has 0 spiro atoms. The number of primary amides is 1. The third kappa shape index (κ3) is 3.26. The van der Waals surface area contributed by atoms with E-state index in [9.17, 15) is 4.79 Å². The summed E-state index contributed by atoms with van der Waals surface area (Å²) in [5.41, 5.74) is 6.16. The average molecular weight is 207 g/mol. The van der Waals surface area contributed by atoms with Crippen LogP contribution in [0.3, 0.4) is 0 Å². The molecule has 0 heterocycles. The fourth-order valence-electron chi connectivity index (χ4n) is 1.11. The normalized spacial score (nSPS) is 10.6. The van der Waals surface area contributed by atoms with Gasteiger partial charge in [-0.1, -0.05) is 30.4 Å². The molecule has 2 nitrogen and oxygen atoms in total. The average Bonchev–Trinajstić information content (AvgIpc) is 2.18. The maximum atomic E-state index is 10.5. The highest BCUT2D eigenvalue weighted by Gasteiger charge is 1.95. The van der Waals surface area contributed by atoms with E-state index in [2.05, 4.69) is 6.07 Å². The van der Waals surface area contributed by atoms with Gasteiger partial charge in [0.1, 0.15) is 0 Å². The maximum Gasteiger partial charge on any atom is 0.221 e. The lowest BCUT2D eigenvalue weighted by atomic mass is 10.2. The minimum Gasteiger partial charge on any atom is -0.369 e. The molecule has 0 bridgehead atoms. The second-order valence-electron chi connectivity index (χ2n) is 2.81. The van der Waals surface area contributed by atoms with E-state index in [1.165, 1.54) is 4.90 Å². The van der Waals surface area contributed by atoms with Crippen LogP contribution in [0.25, 0.3) is 6.08 Å². The molecule has 1 aromatic carbocycles. The Morgan fingerprint density at radius 3 is 2.86 bits per heavy atom. The fraction of sp³-hybridized carbons (Fsp3) is 0.182. The summed E-state index contributed by atoms with van der Waals surface area (Å²) in [6, 6.07) is 8.04. The van der Waals surface area contributed by atoms with E-state index in [0.29, 0.717) is 6.42 Å². The molecule has 0 aliphatic rings. The molecule has 0 aromatic heterocycles. The van der Waals surface area contributed by atoms with Crippen molar-refractivity contribution in [2.45, 2.75) is 11.3 Å². The Morgan fingerprint density at radius 2 is 2.21 bits per heavy atom. The van der Waals surface area contributed by atoms with Crippen LogP contribution in [-0.2, 0) is 4.79 Å². The van der Waals surface area contributed by atoms with Crippen LogP contribution in [0.2, 0.25) is 0 Å². The van der Waals surface area contributed by atoms with Crippen molar-refractivity contribution in [3.05, 3.63) is 35.9 Å². The first-order valence-corrected chi connectivity index (χ1v) is 5.54. The molecule has 0 aliphatic carbocycles. The van der Waals surface area contributed by atoms with Gasteiger partial charge in [0.05, 0.1) is 0 Å². The number of carbonyl (C=O) groups is 1. The first kappa shape index (κ1) is 10.9. The Hall–Kier alpha value is -1.22. The third-order valence-corrected chi connectivity index (χ3v) is 2.57. The van der Waals surface area contributed by atoms with Crippen molar-refractivity contribution in [3.8, 4) is 0 Å². The van der Waals surface area contributed by atoms with Gasteiger partial charge < -0.3 is 5.73 Å². The van der Waals surface area contributed by atoms with Crippen LogP contribution in [0, 0.1) is 0 Å². The lowest BCUT2D eigenvalue weighted by Crippen LogP contribution is -2.07. The van der Waals surface area contributed by atoms with Gasteiger partial charge >= 0.3 is 0 Å². The van der Waals surface area contributed by atoms with Crippen molar-refractivity contribution in [2.75, 3.05) is 6.26 Å². The molecule has 1 rings (SSSR count). The largest absolute Gasteiger partial charge is 0.369 e. The van der Waals surface area contributed by atoms with E-state index in [4.69, 9.17) is 5.73 Å². The number of nitrogens with two attached hydrogens (primary N) is 1. The van der Waals surface area contributed by atoms with Crippen molar-refractivity contribution in [3.63, 3.8) is 0 Å². The zero-order valence-electron chi connectivity index (χ0n) is 8.07. The van der Waals surface area contributed by atoms with E-state index in [1.54, 1.807) is 17.8 Å². The highest BCUT2D eigenvalue weighted by Crippen LogP contribution is 2.20. The summed E-state index contributed by atoms with van der Waals surface area (Å²) in [6.07, 6.45) is 6.04. The van der Waals surface area contributed by atoms with Crippen LogP contribution in [0.1, 0.15) is 12.0 Å². The predicted octanol–water partition coefficient (Wildman–Crippen LogP) is 2.30. The molecule has 1 amide bonds. The summed E-state index contributed by atoms with van der Waals surface area (Å²) in [5.74, 6) is -0.303. The Labute approximate surface area is 88.2 Å². The third-order valence-electron chi connectivity index (χ3n) is 1.76. The van der Waals surface area contributed by atoms with Gasteiger partial charge in [0.2, 0.25) is 5.91 Å². The molecular formula is C11H13NOS. The summed E-state index contributed by atoms with van der Waals surface area (Å²) in [6.45, 7) is 0. The topological polar surface area (TPSA) is 43.1 Å². The van der Waals surface area contributed by atoms with E-state index in [1.807, 2.05) is 30.5 Å². The number of amides is 1. The molecule has 0 aliphatic heterocycles. The van der Waals surface area contributed by atoms with Gasteiger partial charge in [-0.05, 0) is 17.9 Å². The maximum absolute atomic E-state index is 10.5. The summed E-state index contributed by atoms with van der Waals surface area (Å²) in [4.78, 5) is 11.7. The van der Waals surface area contributed by atoms with Gasteiger partial charge in [0, 0.05) is 11.3 Å². The highest BCUT2D eigenvalue weighted by molar-refractivity contribution is 7.98. The number of rotatable bonds is 4. The summed E-state index contributed by atoms with van der Waals surface area (Å²) in [5, 5.41) is 0. The number of hydrogen-bond donors (Lipinski definition) is 1. The van der Waals surface area contributed by atoms with Crippen molar-refractivity contribution in [2.24, 2.45) is 5.73 Å². The van der Waals surface area contributed by atoms with Gasteiger partial charge in [-0.25, -0.2) is 0 Å². The Kier molecular flexibility index (Phi) is 4.26. The van der Waals surface area contributed by atoms with Gasteiger partial charge in [-0.2, -0.15) is 0 Å². The van der Waals surface area contributed by atoms with Crippen molar-refractivity contribution < 1.29 is 4.79 Å². The molecule has 14 heavy (non-hydrogen) atoms. The van der Waals surface area contributed by atoms with Gasteiger partial charge in [0.15, 0.2) is 0 Å². The molecule has 0 atom stereocenters. The highest BCUT2D eigenvalue weighted by atomic mass is 32.2. The smallest absolute Gasteiger partial charge is 0.221 e. The summed E-state index contributed by atoms with van der Waals surface area (Å²) >= 11 is 1.69. The second kappa shape index (κ2) is 5.50. The van der Waals surface area contributed by atoms with Crippen molar-refractivity contribution >= 4 is 23.7 Å². The zero-order chi connectivity index (χ0) is 10.4. The van der Waals surface area contributed by atoms with E-state index in [-0.39, 0.29) is 5.91 Å².